The summed E-state index contributed by atoms with van der Waals surface area (Å²) in [7, 11) is 1.48. The Bertz CT molecular complexity index is 907. The molecule has 2 atom stereocenters. The molecule has 0 fully saturated rings. The number of hydrogen-bond donors (Lipinski definition) is 1. The van der Waals surface area contributed by atoms with E-state index in [0.29, 0.717) is 23.9 Å². The minimum absolute atomic E-state index is 0.0338. The van der Waals surface area contributed by atoms with Gasteiger partial charge in [-0.15, -0.1) is 0 Å². The summed E-state index contributed by atoms with van der Waals surface area (Å²) in [4.78, 5) is 35.3. The van der Waals surface area contributed by atoms with Crippen molar-refractivity contribution in [3.63, 3.8) is 0 Å². The van der Waals surface area contributed by atoms with E-state index in [4.69, 9.17) is 18.5 Å². The number of ether oxygens (including phenoxy) is 2. The number of carbonyl (C=O) groups is 2. The van der Waals surface area contributed by atoms with Crippen molar-refractivity contribution in [1.82, 2.24) is 0 Å². The molecule has 0 heterocycles. The molecule has 1 N–H and O–H groups in total. The van der Waals surface area contributed by atoms with Crippen molar-refractivity contribution in [2.75, 3.05) is 47.5 Å². The highest BCUT2D eigenvalue weighted by Gasteiger charge is 2.27. The van der Waals surface area contributed by atoms with Gasteiger partial charge in [-0.05, 0) is 38.5 Å². The number of phosphoric acid groups is 1. The van der Waals surface area contributed by atoms with Gasteiger partial charge in [0.15, 0.2) is 6.10 Å². The highest BCUT2D eigenvalue weighted by atomic mass is 31.2. The van der Waals surface area contributed by atoms with Gasteiger partial charge < -0.3 is 18.9 Å². The van der Waals surface area contributed by atoms with Gasteiger partial charge in [-0.3, -0.25) is 18.6 Å². The third-order valence-electron chi connectivity index (χ3n) is 9.30. The summed E-state index contributed by atoms with van der Waals surface area (Å²) in [6.45, 7) is 4.42. The van der Waals surface area contributed by atoms with E-state index in [-0.39, 0.29) is 25.6 Å². The summed E-state index contributed by atoms with van der Waals surface area (Å²) in [5.41, 5.74) is 0. The Morgan fingerprint density at radius 1 is 0.577 bits per heavy atom. The Kier molecular flexibility index (Phi) is 34.6. The van der Waals surface area contributed by atoms with Crippen LogP contribution in [0.2, 0.25) is 0 Å². The van der Waals surface area contributed by atoms with Gasteiger partial charge in [0.05, 0.1) is 27.7 Å². The molecule has 0 saturated heterocycles. The van der Waals surface area contributed by atoms with Crippen molar-refractivity contribution in [2.24, 2.45) is 0 Å². The summed E-state index contributed by atoms with van der Waals surface area (Å²) in [5.74, 6) is -0.797. The van der Waals surface area contributed by atoms with Crippen LogP contribution in [0.4, 0.5) is 0 Å². The maximum absolute atomic E-state index is 12.7. The van der Waals surface area contributed by atoms with E-state index in [1.54, 1.807) is 0 Å². The summed E-state index contributed by atoms with van der Waals surface area (Å²) in [5, 5.41) is 0. The van der Waals surface area contributed by atoms with E-state index >= 15 is 0 Å². The standard InChI is InChI=1S/C42H82NO8P/c1-6-8-10-12-14-16-18-19-20-21-22-23-25-27-29-31-33-35-42(45)51-40(39-50-52(46,47)49-37-36-43(3,4)5)38-48-41(44)34-32-30-28-26-24-17-15-13-11-9-7-2/h19-20,40H,6-18,21-39H2,1-5H3/p+1/b20-19-. The lowest BCUT2D eigenvalue weighted by Crippen LogP contribution is -2.37. The molecule has 0 amide bonds. The normalized spacial score (nSPS) is 13.7. The molecular formula is C42H83NO8P+. The number of carbonyl (C=O) groups excluding carboxylic acids is 2. The van der Waals surface area contributed by atoms with Gasteiger partial charge in [0.1, 0.15) is 19.8 Å². The second-order valence-electron chi connectivity index (χ2n) is 15.7. The Morgan fingerprint density at radius 3 is 1.42 bits per heavy atom. The second-order valence-corrected chi connectivity index (χ2v) is 17.2. The molecular weight excluding hydrogens is 677 g/mol. The van der Waals surface area contributed by atoms with Crippen molar-refractivity contribution in [2.45, 2.75) is 200 Å². The zero-order valence-electron chi connectivity index (χ0n) is 34.6. The van der Waals surface area contributed by atoms with Crippen LogP contribution < -0.4 is 0 Å². The molecule has 0 aromatic rings. The number of phosphoric ester groups is 1. The number of quaternary nitrogens is 1. The highest BCUT2D eigenvalue weighted by molar-refractivity contribution is 7.47. The number of nitrogens with zero attached hydrogens (tertiary/aromatic N) is 1. The molecule has 0 radical (unpaired) electrons. The van der Waals surface area contributed by atoms with Gasteiger partial charge in [0.25, 0.3) is 0 Å². The van der Waals surface area contributed by atoms with Crippen molar-refractivity contribution in [1.29, 1.82) is 0 Å². The molecule has 10 heteroatoms. The molecule has 0 aromatic carbocycles. The lowest BCUT2D eigenvalue weighted by molar-refractivity contribution is -0.870. The first kappa shape index (κ1) is 50.8. The molecule has 0 aliphatic carbocycles. The monoisotopic (exact) mass is 761 g/mol. The van der Waals surface area contributed by atoms with Gasteiger partial charge in [-0.25, -0.2) is 4.57 Å². The minimum atomic E-state index is -4.37. The zero-order chi connectivity index (χ0) is 38.6. The Morgan fingerprint density at radius 2 is 0.981 bits per heavy atom. The van der Waals surface area contributed by atoms with Crippen LogP contribution in [0.15, 0.2) is 12.2 Å². The number of rotatable bonds is 39. The van der Waals surface area contributed by atoms with E-state index in [0.717, 1.165) is 44.9 Å². The highest BCUT2D eigenvalue weighted by Crippen LogP contribution is 2.43. The van der Waals surface area contributed by atoms with Crippen LogP contribution in [0, 0.1) is 0 Å². The predicted molar refractivity (Wildman–Crippen MR) is 215 cm³/mol. The van der Waals surface area contributed by atoms with Crippen LogP contribution in [-0.4, -0.2) is 74.9 Å². The Labute approximate surface area is 320 Å². The fraction of sp³-hybridized carbons (Fsp3) is 0.905. The number of hydrogen-bond acceptors (Lipinski definition) is 7. The predicted octanol–water partition coefficient (Wildman–Crippen LogP) is 11.8. The van der Waals surface area contributed by atoms with Crippen LogP contribution in [0.25, 0.3) is 0 Å². The smallest absolute Gasteiger partial charge is 0.462 e. The van der Waals surface area contributed by atoms with Crippen molar-refractivity contribution < 1.29 is 42.1 Å². The van der Waals surface area contributed by atoms with Crippen LogP contribution in [-0.2, 0) is 32.7 Å². The molecule has 0 aliphatic rings. The Hall–Kier alpha value is -1.25. The lowest BCUT2D eigenvalue weighted by atomic mass is 10.1. The van der Waals surface area contributed by atoms with Gasteiger partial charge in [0.2, 0.25) is 0 Å². The van der Waals surface area contributed by atoms with Gasteiger partial charge in [0, 0.05) is 12.8 Å². The number of esters is 2. The molecule has 0 saturated carbocycles. The minimum Gasteiger partial charge on any atom is -0.462 e. The first-order chi connectivity index (χ1) is 25.0. The molecule has 0 aliphatic heterocycles. The molecule has 0 aromatic heterocycles. The third kappa shape index (κ3) is 38.5. The summed E-state index contributed by atoms with van der Waals surface area (Å²) in [6, 6.07) is 0. The molecule has 9 nitrogen and oxygen atoms in total. The maximum atomic E-state index is 12.7. The van der Waals surface area contributed by atoms with Gasteiger partial charge >= 0.3 is 19.8 Å². The largest absolute Gasteiger partial charge is 0.472 e. The third-order valence-corrected chi connectivity index (χ3v) is 10.3. The lowest BCUT2D eigenvalue weighted by Gasteiger charge is -2.24. The summed E-state index contributed by atoms with van der Waals surface area (Å²) < 4.78 is 34.2. The van der Waals surface area contributed by atoms with Crippen LogP contribution in [0.1, 0.15) is 194 Å². The summed E-state index contributed by atoms with van der Waals surface area (Å²) in [6.07, 6.45) is 35.4. The van der Waals surface area contributed by atoms with E-state index in [9.17, 15) is 19.0 Å². The van der Waals surface area contributed by atoms with Crippen molar-refractivity contribution >= 4 is 19.8 Å². The molecule has 0 spiro atoms. The molecule has 52 heavy (non-hydrogen) atoms. The van der Waals surface area contributed by atoms with Crippen molar-refractivity contribution in [3.8, 4) is 0 Å². The SMILES string of the molecule is CCCCCCCC/C=C\CCCCCCCCCC(=O)OC(COC(=O)CCCCCCCCCCCCC)COP(=O)(O)OCC[N+](C)(C)C. The first-order valence-electron chi connectivity index (χ1n) is 21.4. The first-order valence-corrected chi connectivity index (χ1v) is 22.9. The topological polar surface area (TPSA) is 108 Å². The van der Waals surface area contributed by atoms with E-state index < -0.39 is 26.5 Å². The fourth-order valence-electron chi connectivity index (χ4n) is 5.89. The Balaban J connectivity index is 4.34. The van der Waals surface area contributed by atoms with Gasteiger partial charge in [-0.2, -0.15) is 0 Å². The maximum Gasteiger partial charge on any atom is 0.472 e. The fourth-order valence-corrected chi connectivity index (χ4v) is 6.63. The van der Waals surface area contributed by atoms with Crippen molar-refractivity contribution in [3.05, 3.63) is 12.2 Å². The zero-order valence-corrected chi connectivity index (χ0v) is 35.5. The quantitative estimate of drug-likeness (QED) is 0.0217. The van der Waals surface area contributed by atoms with E-state index in [1.165, 1.54) is 116 Å². The van der Waals surface area contributed by atoms with E-state index in [2.05, 4.69) is 26.0 Å². The van der Waals surface area contributed by atoms with Gasteiger partial charge in [-0.1, -0.05) is 154 Å². The second kappa shape index (κ2) is 35.5. The number of unbranched alkanes of at least 4 members (excludes halogenated alkanes) is 23. The number of allylic oxidation sites excluding steroid dienone is 2. The molecule has 0 rings (SSSR count). The van der Waals surface area contributed by atoms with Crippen LogP contribution in [0.5, 0.6) is 0 Å². The van der Waals surface area contributed by atoms with Crippen LogP contribution in [0.3, 0.4) is 0 Å². The molecule has 308 valence electrons. The summed E-state index contributed by atoms with van der Waals surface area (Å²) >= 11 is 0. The molecule has 0 bridgehead atoms. The number of likely N-dealkylation sites (N-methyl/N-ethyl adjacent to an activating group) is 1. The van der Waals surface area contributed by atoms with Crippen LogP contribution >= 0.6 is 7.82 Å². The van der Waals surface area contributed by atoms with E-state index in [1.807, 2.05) is 21.1 Å². The average molecular weight is 761 g/mol. The molecule has 2 unspecified atom stereocenters. The average Bonchev–Trinajstić information content (AvgIpc) is 3.09.